The molecule has 0 radical (unpaired) electrons. The van der Waals surface area contributed by atoms with Gasteiger partial charge < -0.3 is 5.11 Å². The molecule has 3 rings (SSSR count). The van der Waals surface area contributed by atoms with Crippen molar-refractivity contribution in [3.8, 4) is 0 Å². The van der Waals surface area contributed by atoms with Crippen molar-refractivity contribution in [3.63, 3.8) is 0 Å². The monoisotopic (exact) mass is 303 g/mol. The van der Waals surface area contributed by atoms with Gasteiger partial charge in [0.05, 0.1) is 17.6 Å². The number of aromatic amines is 1. The van der Waals surface area contributed by atoms with Gasteiger partial charge in [-0.25, -0.2) is 9.48 Å². The van der Waals surface area contributed by atoms with Crippen LogP contribution in [0.25, 0.3) is 0 Å². The summed E-state index contributed by atoms with van der Waals surface area (Å²) < 4.78 is 1.46. The topological polar surface area (TPSA) is 96.7 Å². The van der Waals surface area contributed by atoms with Crippen molar-refractivity contribution in [3.05, 3.63) is 28.8 Å². The second kappa shape index (κ2) is 5.90. The Labute approximate surface area is 128 Å². The average molecular weight is 303 g/mol. The third kappa shape index (κ3) is 2.63. The summed E-state index contributed by atoms with van der Waals surface area (Å²) in [6.07, 6.45) is 7.70. The predicted octanol–water partition coefficient (Wildman–Crippen LogP) is 2.34. The minimum absolute atomic E-state index is 0.406. The highest BCUT2D eigenvalue weighted by molar-refractivity contribution is 5.76. The number of H-pyrrole nitrogens is 1. The summed E-state index contributed by atoms with van der Waals surface area (Å²) in [7, 11) is 0. The van der Waals surface area contributed by atoms with Crippen molar-refractivity contribution in [1.82, 2.24) is 25.2 Å². The van der Waals surface area contributed by atoms with Crippen LogP contribution in [0.5, 0.6) is 0 Å². The fourth-order valence-electron chi connectivity index (χ4n) is 3.33. The van der Waals surface area contributed by atoms with Gasteiger partial charge in [-0.1, -0.05) is 24.5 Å². The minimum atomic E-state index is -0.951. The lowest BCUT2D eigenvalue weighted by Gasteiger charge is -2.19. The highest BCUT2D eigenvalue weighted by Gasteiger charge is 2.29. The largest absolute Gasteiger partial charge is 0.479 e. The minimum Gasteiger partial charge on any atom is -0.479 e. The molecule has 1 saturated carbocycles. The van der Waals surface area contributed by atoms with Crippen LogP contribution in [0.3, 0.4) is 0 Å². The van der Waals surface area contributed by atoms with E-state index in [9.17, 15) is 9.90 Å². The Morgan fingerprint density at radius 3 is 2.68 bits per heavy atom. The number of aromatic nitrogens is 5. The van der Waals surface area contributed by atoms with Crippen LogP contribution in [-0.2, 0) is 4.79 Å². The predicted molar refractivity (Wildman–Crippen MR) is 79.7 cm³/mol. The standard InChI is InChI=1S/C15H21N5O2/c1-9-13(10(2)17-16-9)14(15(21)22)20-8-12(18-19-20)11-6-4-3-5-7-11/h8,11,14H,3-7H2,1-2H3,(H,16,17)(H,21,22). The van der Waals surface area contributed by atoms with E-state index in [1.54, 1.807) is 13.1 Å². The molecule has 2 aromatic heterocycles. The van der Waals surface area contributed by atoms with Crippen LogP contribution in [-0.4, -0.2) is 36.3 Å². The van der Waals surface area contributed by atoms with Gasteiger partial charge in [-0.15, -0.1) is 5.10 Å². The Hall–Kier alpha value is -2.18. The van der Waals surface area contributed by atoms with Crippen LogP contribution in [0.4, 0.5) is 0 Å². The molecule has 7 nitrogen and oxygen atoms in total. The number of carbonyl (C=O) groups is 1. The van der Waals surface area contributed by atoms with Gasteiger partial charge in [-0.2, -0.15) is 5.10 Å². The number of aryl methyl sites for hydroxylation is 2. The first kappa shape index (κ1) is 14.7. The smallest absolute Gasteiger partial charge is 0.333 e. The first-order valence-corrected chi connectivity index (χ1v) is 7.74. The Kier molecular flexibility index (Phi) is 3.96. The average Bonchev–Trinajstić information content (AvgIpc) is 3.11. The fraction of sp³-hybridized carbons (Fsp3) is 0.600. The summed E-state index contributed by atoms with van der Waals surface area (Å²) in [6.45, 7) is 3.62. The Morgan fingerprint density at radius 1 is 1.36 bits per heavy atom. The lowest BCUT2D eigenvalue weighted by Crippen LogP contribution is -2.22. The van der Waals surface area contributed by atoms with Gasteiger partial charge in [0.25, 0.3) is 0 Å². The van der Waals surface area contributed by atoms with E-state index < -0.39 is 12.0 Å². The molecule has 7 heteroatoms. The maximum Gasteiger partial charge on any atom is 0.333 e. The highest BCUT2D eigenvalue weighted by atomic mass is 16.4. The van der Waals surface area contributed by atoms with Crippen molar-refractivity contribution in [2.75, 3.05) is 0 Å². The molecule has 0 aromatic carbocycles. The molecule has 1 unspecified atom stereocenters. The van der Waals surface area contributed by atoms with E-state index in [0.717, 1.165) is 24.2 Å². The van der Waals surface area contributed by atoms with Gasteiger partial charge in [0.2, 0.25) is 0 Å². The zero-order valence-electron chi connectivity index (χ0n) is 12.9. The summed E-state index contributed by atoms with van der Waals surface area (Å²) in [6, 6.07) is -0.886. The number of rotatable bonds is 4. The highest BCUT2D eigenvalue weighted by Crippen LogP contribution is 2.32. The van der Waals surface area contributed by atoms with Crippen LogP contribution >= 0.6 is 0 Å². The number of hydrogen-bond donors (Lipinski definition) is 2. The number of carboxylic acid groups (broad SMARTS) is 1. The molecule has 1 atom stereocenters. The van der Waals surface area contributed by atoms with Gasteiger partial charge in [-0.05, 0) is 26.7 Å². The molecule has 0 spiro atoms. The zero-order chi connectivity index (χ0) is 15.7. The molecule has 2 heterocycles. The van der Waals surface area contributed by atoms with Crippen molar-refractivity contribution in [2.24, 2.45) is 0 Å². The quantitative estimate of drug-likeness (QED) is 0.903. The van der Waals surface area contributed by atoms with Crippen LogP contribution in [0.1, 0.15) is 66.7 Å². The van der Waals surface area contributed by atoms with E-state index in [-0.39, 0.29) is 0 Å². The molecule has 22 heavy (non-hydrogen) atoms. The van der Waals surface area contributed by atoms with E-state index in [0.29, 0.717) is 17.2 Å². The van der Waals surface area contributed by atoms with E-state index in [1.165, 1.54) is 23.9 Å². The first-order valence-electron chi connectivity index (χ1n) is 7.74. The molecular weight excluding hydrogens is 282 g/mol. The molecule has 1 fully saturated rings. The Balaban J connectivity index is 1.93. The summed E-state index contributed by atoms with van der Waals surface area (Å²) >= 11 is 0. The number of aliphatic carboxylic acids is 1. The molecule has 0 aliphatic heterocycles. The van der Waals surface area contributed by atoms with Gasteiger partial charge >= 0.3 is 5.97 Å². The van der Waals surface area contributed by atoms with Crippen LogP contribution in [0.15, 0.2) is 6.20 Å². The molecule has 0 bridgehead atoms. The molecule has 118 valence electrons. The van der Waals surface area contributed by atoms with Crippen LogP contribution in [0, 0.1) is 13.8 Å². The summed E-state index contributed by atoms with van der Waals surface area (Å²) in [4.78, 5) is 11.8. The Bertz CT molecular complexity index is 650. The molecule has 0 amide bonds. The lowest BCUT2D eigenvalue weighted by molar-refractivity contribution is -0.139. The number of carboxylic acids is 1. The summed E-state index contributed by atoms with van der Waals surface area (Å²) in [5.41, 5.74) is 3.00. The third-order valence-electron chi connectivity index (χ3n) is 4.51. The van der Waals surface area contributed by atoms with E-state index in [4.69, 9.17) is 0 Å². The molecule has 2 aromatic rings. The number of nitrogens with zero attached hydrogens (tertiary/aromatic N) is 4. The first-order chi connectivity index (χ1) is 10.6. The number of nitrogens with one attached hydrogen (secondary N) is 1. The molecular formula is C15H21N5O2. The van der Waals surface area contributed by atoms with Crippen LogP contribution < -0.4 is 0 Å². The maximum absolute atomic E-state index is 11.8. The second-order valence-corrected chi connectivity index (χ2v) is 6.05. The zero-order valence-corrected chi connectivity index (χ0v) is 12.9. The number of hydrogen-bond acceptors (Lipinski definition) is 4. The van der Waals surface area contributed by atoms with Gasteiger partial charge in [0, 0.05) is 17.2 Å². The molecule has 1 aliphatic carbocycles. The molecule has 0 saturated heterocycles. The SMILES string of the molecule is Cc1n[nH]c(C)c1C(C(=O)O)n1cc(C2CCCCC2)nn1. The van der Waals surface area contributed by atoms with Crippen LogP contribution in [0.2, 0.25) is 0 Å². The molecule has 2 N–H and O–H groups in total. The summed E-state index contributed by atoms with van der Waals surface area (Å²) in [5, 5.41) is 24.9. The van der Waals surface area contributed by atoms with Crippen molar-refractivity contribution in [1.29, 1.82) is 0 Å². The van der Waals surface area contributed by atoms with Crippen molar-refractivity contribution < 1.29 is 9.90 Å². The van der Waals surface area contributed by atoms with E-state index in [2.05, 4.69) is 20.5 Å². The third-order valence-corrected chi connectivity index (χ3v) is 4.51. The van der Waals surface area contributed by atoms with Gasteiger partial charge in [-0.3, -0.25) is 5.10 Å². The van der Waals surface area contributed by atoms with Crippen molar-refractivity contribution in [2.45, 2.75) is 57.9 Å². The Morgan fingerprint density at radius 2 is 2.09 bits per heavy atom. The summed E-state index contributed by atoms with van der Waals surface area (Å²) in [5.74, 6) is -0.545. The fourth-order valence-corrected chi connectivity index (χ4v) is 3.33. The maximum atomic E-state index is 11.8. The second-order valence-electron chi connectivity index (χ2n) is 6.05. The normalized spacial score (nSPS) is 17.5. The van der Waals surface area contributed by atoms with Gasteiger partial charge in [0.15, 0.2) is 6.04 Å². The van der Waals surface area contributed by atoms with Gasteiger partial charge in [0.1, 0.15) is 0 Å². The lowest BCUT2D eigenvalue weighted by atomic mass is 9.87. The van der Waals surface area contributed by atoms with E-state index >= 15 is 0 Å². The van der Waals surface area contributed by atoms with E-state index in [1.807, 2.05) is 6.92 Å². The van der Waals surface area contributed by atoms with Crippen molar-refractivity contribution >= 4 is 5.97 Å². The molecule has 1 aliphatic rings.